The van der Waals surface area contributed by atoms with Crippen LogP contribution in [0.1, 0.15) is 5.56 Å². The second kappa shape index (κ2) is 6.91. The highest BCUT2D eigenvalue weighted by molar-refractivity contribution is 7.88. The first-order valence-electron chi connectivity index (χ1n) is 6.98. The van der Waals surface area contributed by atoms with E-state index in [0.717, 1.165) is 13.0 Å². The van der Waals surface area contributed by atoms with Crippen LogP contribution in [0.2, 0.25) is 0 Å². The number of hydrogen-bond acceptors (Lipinski definition) is 3. The second-order valence-electron chi connectivity index (χ2n) is 5.33. The Labute approximate surface area is 126 Å². The van der Waals surface area contributed by atoms with Crippen molar-refractivity contribution in [2.24, 2.45) is 16.6 Å². The summed E-state index contributed by atoms with van der Waals surface area (Å²) >= 11 is 0. The van der Waals surface area contributed by atoms with Gasteiger partial charge in [-0.15, -0.1) is 0 Å². The smallest absolute Gasteiger partial charge is 0.211 e. The van der Waals surface area contributed by atoms with E-state index >= 15 is 0 Å². The van der Waals surface area contributed by atoms with Crippen LogP contribution in [0.3, 0.4) is 0 Å². The van der Waals surface area contributed by atoms with Gasteiger partial charge in [0.1, 0.15) is 0 Å². The number of nitrogens with zero attached hydrogens (tertiary/aromatic N) is 2. The molecule has 116 valence electrons. The van der Waals surface area contributed by atoms with Gasteiger partial charge in [0.05, 0.1) is 6.26 Å². The van der Waals surface area contributed by atoms with Gasteiger partial charge in [0.25, 0.3) is 0 Å². The zero-order valence-corrected chi connectivity index (χ0v) is 13.0. The van der Waals surface area contributed by atoms with E-state index in [1.54, 1.807) is 0 Å². The lowest BCUT2D eigenvalue weighted by Gasteiger charge is -2.36. The number of benzene rings is 1. The van der Waals surface area contributed by atoms with Crippen LogP contribution in [-0.4, -0.2) is 51.1 Å². The van der Waals surface area contributed by atoms with E-state index in [9.17, 15) is 8.42 Å². The van der Waals surface area contributed by atoms with Crippen molar-refractivity contribution in [3.05, 3.63) is 35.9 Å². The molecule has 2 rings (SSSR count). The van der Waals surface area contributed by atoms with Gasteiger partial charge >= 0.3 is 0 Å². The SMILES string of the molecule is CS(=O)(=O)N1CC(CN=C(N)NCCc2ccccc2)C1. The van der Waals surface area contributed by atoms with Crippen molar-refractivity contribution in [1.29, 1.82) is 0 Å². The second-order valence-corrected chi connectivity index (χ2v) is 7.32. The van der Waals surface area contributed by atoms with E-state index < -0.39 is 10.0 Å². The molecule has 1 heterocycles. The average molecular weight is 310 g/mol. The summed E-state index contributed by atoms with van der Waals surface area (Å²) < 4.78 is 23.9. The molecule has 0 unspecified atom stereocenters. The molecule has 0 spiro atoms. The van der Waals surface area contributed by atoms with Crippen LogP contribution in [0.25, 0.3) is 0 Å². The molecule has 0 radical (unpaired) electrons. The van der Waals surface area contributed by atoms with Crippen LogP contribution < -0.4 is 11.1 Å². The molecule has 1 saturated heterocycles. The highest BCUT2D eigenvalue weighted by Gasteiger charge is 2.32. The Morgan fingerprint density at radius 2 is 2.05 bits per heavy atom. The van der Waals surface area contributed by atoms with Gasteiger partial charge in [-0.05, 0) is 12.0 Å². The molecule has 0 atom stereocenters. The summed E-state index contributed by atoms with van der Waals surface area (Å²) in [5, 5.41) is 3.07. The summed E-state index contributed by atoms with van der Waals surface area (Å²) in [7, 11) is -3.04. The van der Waals surface area contributed by atoms with Crippen LogP contribution >= 0.6 is 0 Å². The quantitative estimate of drug-likeness (QED) is 0.573. The van der Waals surface area contributed by atoms with Crippen molar-refractivity contribution >= 4 is 16.0 Å². The molecule has 0 amide bonds. The molecule has 1 aliphatic heterocycles. The Morgan fingerprint density at radius 3 is 2.67 bits per heavy atom. The minimum atomic E-state index is -3.04. The summed E-state index contributed by atoms with van der Waals surface area (Å²) in [4.78, 5) is 4.26. The molecule has 1 aromatic carbocycles. The predicted molar refractivity (Wildman–Crippen MR) is 84.5 cm³/mol. The van der Waals surface area contributed by atoms with E-state index in [4.69, 9.17) is 5.73 Å². The van der Waals surface area contributed by atoms with Gasteiger partial charge in [0.15, 0.2) is 5.96 Å². The molecule has 3 N–H and O–H groups in total. The predicted octanol–water partition coefficient (Wildman–Crippen LogP) is 0.0248. The third kappa shape index (κ3) is 5.02. The number of sulfonamides is 1. The van der Waals surface area contributed by atoms with Gasteiger partial charge in [0, 0.05) is 32.1 Å². The lowest BCUT2D eigenvalue weighted by Crippen LogP contribution is -2.50. The first-order valence-corrected chi connectivity index (χ1v) is 8.83. The Bertz CT molecular complexity index is 580. The van der Waals surface area contributed by atoms with E-state index in [2.05, 4.69) is 22.4 Å². The first kappa shape index (κ1) is 15.8. The van der Waals surface area contributed by atoms with E-state index in [1.165, 1.54) is 16.1 Å². The van der Waals surface area contributed by atoms with Crippen LogP contribution in [0.4, 0.5) is 0 Å². The standard InChI is InChI=1S/C14H22N4O2S/c1-21(19,20)18-10-13(11-18)9-17-14(15)16-8-7-12-5-3-2-4-6-12/h2-6,13H,7-11H2,1H3,(H3,15,16,17). The lowest BCUT2D eigenvalue weighted by atomic mass is 10.0. The molecule has 21 heavy (non-hydrogen) atoms. The maximum atomic E-state index is 11.2. The summed E-state index contributed by atoms with van der Waals surface area (Å²) in [5.74, 6) is 0.693. The van der Waals surface area contributed by atoms with Crippen LogP contribution in [0, 0.1) is 5.92 Å². The molecule has 0 aliphatic carbocycles. The molecular formula is C14H22N4O2S. The van der Waals surface area contributed by atoms with Crippen molar-refractivity contribution in [3.63, 3.8) is 0 Å². The van der Waals surface area contributed by atoms with Crippen molar-refractivity contribution in [3.8, 4) is 0 Å². The normalized spacial score (nSPS) is 17.5. The van der Waals surface area contributed by atoms with Crippen molar-refractivity contribution in [2.45, 2.75) is 6.42 Å². The Kier molecular flexibility index (Phi) is 5.19. The Hall–Kier alpha value is -1.60. The first-order chi connectivity index (χ1) is 9.95. The lowest BCUT2D eigenvalue weighted by molar-refractivity contribution is 0.209. The topological polar surface area (TPSA) is 87.8 Å². The summed E-state index contributed by atoms with van der Waals surface area (Å²) in [5.41, 5.74) is 7.04. The zero-order valence-electron chi connectivity index (χ0n) is 12.2. The van der Waals surface area contributed by atoms with Gasteiger partial charge in [-0.25, -0.2) is 12.7 Å². The van der Waals surface area contributed by atoms with Crippen molar-refractivity contribution < 1.29 is 8.42 Å². The van der Waals surface area contributed by atoms with Crippen molar-refractivity contribution in [2.75, 3.05) is 32.4 Å². The minimum absolute atomic E-state index is 0.272. The molecule has 1 fully saturated rings. The molecular weight excluding hydrogens is 288 g/mol. The van der Waals surface area contributed by atoms with Gasteiger partial charge < -0.3 is 11.1 Å². The van der Waals surface area contributed by atoms with Gasteiger partial charge in [0.2, 0.25) is 10.0 Å². The number of rotatable bonds is 6. The molecule has 7 heteroatoms. The number of guanidine groups is 1. The highest BCUT2D eigenvalue weighted by Crippen LogP contribution is 2.18. The summed E-state index contributed by atoms with van der Waals surface area (Å²) in [6.07, 6.45) is 2.12. The summed E-state index contributed by atoms with van der Waals surface area (Å²) in [6.45, 7) is 2.38. The van der Waals surface area contributed by atoms with Crippen LogP contribution in [0.15, 0.2) is 35.3 Å². The molecule has 1 aliphatic rings. The monoisotopic (exact) mass is 310 g/mol. The maximum Gasteiger partial charge on any atom is 0.211 e. The Morgan fingerprint density at radius 1 is 1.38 bits per heavy atom. The zero-order chi connectivity index (χ0) is 15.3. The number of nitrogens with two attached hydrogens (primary N) is 1. The van der Waals surface area contributed by atoms with Gasteiger partial charge in [-0.1, -0.05) is 30.3 Å². The van der Waals surface area contributed by atoms with E-state index in [-0.39, 0.29) is 5.92 Å². The molecule has 6 nitrogen and oxygen atoms in total. The molecule has 1 aromatic rings. The fourth-order valence-electron chi connectivity index (χ4n) is 2.17. The molecule has 0 bridgehead atoms. The number of aliphatic imine (C=N–C) groups is 1. The number of hydrogen-bond donors (Lipinski definition) is 2. The average Bonchev–Trinajstić information content (AvgIpc) is 2.36. The van der Waals surface area contributed by atoms with E-state index in [0.29, 0.717) is 25.6 Å². The van der Waals surface area contributed by atoms with Gasteiger partial charge in [-0.2, -0.15) is 0 Å². The van der Waals surface area contributed by atoms with Crippen LogP contribution in [-0.2, 0) is 16.4 Å². The molecule has 0 saturated carbocycles. The molecule has 0 aromatic heterocycles. The summed E-state index contributed by atoms with van der Waals surface area (Å²) in [6, 6.07) is 10.2. The Balaban J connectivity index is 1.64. The van der Waals surface area contributed by atoms with Crippen molar-refractivity contribution in [1.82, 2.24) is 9.62 Å². The fourth-order valence-corrected chi connectivity index (χ4v) is 3.13. The fraction of sp³-hybridized carbons (Fsp3) is 0.500. The number of nitrogens with one attached hydrogen (secondary N) is 1. The minimum Gasteiger partial charge on any atom is -0.370 e. The largest absolute Gasteiger partial charge is 0.370 e. The van der Waals surface area contributed by atoms with E-state index in [1.807, 2.05) is 18.2 Å². The van der Waals surface area contributed by atoms with Gasteiger partial charge in [-0.3, -0.25) is 4.99 Å². The third-order valence-electron chi connectivity index (χ3n) is 3.48. The van der Waals surface area contributed by atoms with Crippen LogP contribution in [0.5, 0.6) is 0 Å². The third-order valence-corrected chi connectivity index (χ3v) is 4.71. The highest BCUT2D eigenvalue weighted by atomic mass is 32.2. The maximum absolute atomic E-state index is 11.2.